The molecule has 158 valence electrons. The van der Waals surface area contributed by atoms with Crippen molar-refractivity contribution in [3.8, 4) is 11.5 Å². The van der Waals surface area contributed by atoms with E-state index in [1.54, 1.807) is 0 Å². The van der Waals surface area contributed by atoms with Gasteiger partial charge in [-0.25, -0.2) is 0 Å². The molecule has 1 saturated carbocycles. The van der Waals surface area contributed by atoms with Crippen molar-refractivity contribution in [1.29, 1.82) is 0 Å². The first-order valence-corrected chi connectivity index (χ1v) is 10.1. The summed E-state index contributed by atoms with van der Waals surface area (Å²) < 4.78 is 0. The molecule has 0 radical (unpaired) electrons. The van der Waals surface area contributed by atoms with Crippen LogP contribution in [0.25, 0.3) is 0 Å². The van der Waals surface area contributed by atoms with Crippen LogP contribution in [-0.4, -0.2) is 63.1 Å². The third-order valence-corrected chi connectivity index (χ3v) is 5.87. The molecule has 3 unspecified atom stereocenters. The predicted octanol–water partition coefficient (Wildman–Crippen LogP) is 0.866. The molecule has 1 aromatic rings. The maximum atomic E-state index is 13.2. The number of hydrogen-bond donors (Lipinski definition) is 4. The van der Waals surface area contributed by atoms with Gasteiger partial charge in [0.2, 0.25) is 11.8 Å². The standard InChI is InChI=1S/C21H28N2O6/c24-12-15-10-16(25)11-23(15)21(29)20(14-4-2-1-3-5-14)22-19(28)9-13-6-7-17(26)18(27)8-13/h6-8,12,14-16,20,25-27H,1-5,9-11H2,(H,22,28). The maximum Gasteiger partial charge on any atom is 0.246 e. The molecule has 0 aromatic heterocycles. The molecule has 8 heteroatoms. The highest BCUT2D eigenvalue weighted by Crippen LogP contribution is 2.29. The fourth-order valence-corrected chi connectivity index (χ4v) is 4.34. The number of phenols is 2. The molecule has 0 spiro atoms. The largest absolute Gasteiger partial charge is 0.504 e. The molecule has 1 aliphatic heterocycles. The number of aromatic hydroxyl groups is 2. The zero-order chi connectivity index (χ0) is 21.0. The third kappa shape index (κ3) is 5.06. The van der Waals surface area contributed by atoms with Gasteiger partial charge in [-0.2, -0.15) is 0 Å². The molecule has 3 atom stereocenters. The topological polar surface area (TPSA) is 127 Å². The molecule has 2 amide bonds. The smallest absolute Gasteiger partial charge is 0.246 e. The molecule has 8 nitrogen and oxygen atoms in total. The Labute approximate surface area is 169 Å². The lowest BCUT2D eigenvalue weighted by molar-refractivity contribution is -0.140. The van der Waals surface area contributed by atoms with Crippen LogP contribution in [0, 0.1) is 5.92 Å². The summed E-state index contributed by atoms with van der Waals surface area (Å²) in [6.45, 7) is 0.0904. The fraction of sp³-hybridized carbons (Fsp3) is 0.571. The van der Waals surface area contributed by atoms with Crippen molar-refractivity contribution in [2.24, 2.45) is 5.92 Å². The van der Waals surface area contributed by atoms with Crippen LogP contribution in [-0.2, 0) is 20.8 Å². The molecule has 1 aliphatic carbocycles. The zero-order valence-electron chi connectivity index (χ0n) is 16.3. The number of rotatable bonds is 6. The van der Waals surface area contributed by atoms with Crippen molar-refractivity contribution in [2.45, 2.75) is 63.1 Å². The van der Waals surface area contributed by atoms with Gasteiger partial charge in [0.05, 0.1) is 18.6 Å². The second-order valence-electron chi connectivity index (χ2n) is 8.03. The Morgan fingerprint density at radius 2 is 1.90 bits per heavy atom. The molecule has 2 aliphatic rings. The normalized spacial score (nSPS) is 23.6. The number of likely N-dealkylation sites (tertiary alicyclic amines) is 1. The number of amides is 2. The van der Waals surface area contributed by atoms with Gasteiger partial charge in [-0.3, -0.25) is 9.59 Å². The minimum absolute atomic E-state index is 0.0153. The number of carbonyl (C=O) groups excluding carboxylic acids is 3. The van der Waals surface area contributed by atoms with Gasteiger partial charge in [-0.05, 0) is 36.5 Å². The Kier molecular flexibility index (Phi) is 6.74. The lowest BCUT2D eigenvalue weighted by atomic mass is 9.83. The van der Waals surface area contributed by atoms with Crippen LogP contribution in [0.2, 0.25) is 0 Å². The highest BCUT2D eigenvalue weighted by Gasteiger charge is 2.40. The van der Waals surface area contributed by atoms with Gasteiger partial charge < -0.3 is 30.3 Å². The van der Waals surface area contributed by atoms with E-state index in [-0.39, 0.29) is 48.6 Å². The quantitative estimate of drug-likeness (QED) is 0.412. The molecule has 29 heavy (non-hydrogen) atoms. The average Bonchev–Trinajstić information content (AvgIpc) is 3.10. The Morgan fingerprint density at radius 3 is 2.55 bits per heavy atom. The monoisotopic (exact) mass is 404 g/mol. The number of carbonyl (C=O) groups is 3. The van der Waals surface area contributed by atoms with E-state index in [0.717, 1.165) is 32.1 Å². The number of nitrogens with zero attached hydrogens (tertiary/aromatic N) is 1. The van der Waals surface area contributed by atoms with E-state index in [1.165, 1.54) is 23.1 Å². The van der Waals surface area contributed by atoms with Crippen LogP contribution in [0.1, 0.15) is 44.1 Å². The van der Waals surface area contributed by atoms with E-state index in [0.29, 0.717) is 11.8 Å². The van der Waals surface area contributed by atoms with E-state index in [2.05, 4.69) is 5.32 Å². The second kappa shape index (κ2) is 9.26. The average molecular weight is 404 g/mol. The molecular formula is C21H28N2O6. The third-order valence-electron chi connectivity index (χ3n) is 5.87. The van der Waals surface area contributed by atoms with Crippen molar-refractivity contribution in [3.05, 3.63) is 23.8 Å². The van der Waals surface area contributed by atoms with E-state index in [9.17, 15) is 29.7 Å². The first kappa shape index (κ1) is 21.1. The summed E-state index contributed by atoms with van der Waals surface area (Å²) in [6, 6.07) is 2.73. The first-order chi connectivity index (χ1) is 13.9. The van der Waals surface area contributed by atoms with E-state index >= 15 is 0 Å². The number of β-amino-alcohol motifs (C(OH)–C–C–N with tert-alkyl or cyclic N) is 1. The SMILES string of the molecule is O=CC1CC(O)CN1C(=O)C(NC(=O)Cc1ccc(O)c(O)c1)C1CCCCC1. The number of aliphatic hydroxyl groups excluding tert-OH is 1. The number of aldehydes is 1. The highest BCUT2D eigenvalue weighted by atomic mass is 16.3. The van der Waals surface area contributed by atoms with E-state index in [1.807, 2.05) is 0 Å². The molecule has 0 bridgehead atoms. The summed E-state index contributed by atoms with van der Waals surface area (Å²) in [4.78, 5) is 38.6. The molecule has 2 fully saturated rings. The van der Waals surface area contributed by atoms with Gasteiger partial charge in [0, 0.05) is 13.0 Å². The number of phenolic OH excluding ortho intramolecular Hbond substituents is 2. The van der Waals surface area contributed by atoms with Gasteiger partial charge in [0.1, 0.15) is 12.3 Å². The molecular weight excluding hydrogens is 376 g/mol. The van der Waals surface area contributed by atoms with E-state index in [4.69, 9.17) is 0 Å². The molecule has 1 aromatic carbocycles. The van der Waals surface area contributed by atoms with Crippen molar-refractivity contribution >= 4 is 18.1 Å². The Morgan fingerprint density at radius 1 is 1.17 bits per heavy atom. The van der Waals surface area contributed by atoms with Crippen LogP contribution in [0.3, 0.4) is 0 Å². The lowest BCUT2D eigenvalue weighted by Crippen LogP contribution is -2.54. The summed E-state index contributed by atoms with van der Waals surface area (Å²) in [5, 5.41) is 31.7. The maximum absolute atomic E-state index is 13.2. The minimum atomic E-state index is -0.749. The fourth-order valence-electron chi connectivity index (χ4n) is 4.34. The number of nitrogens with one attached hydrogen (secondary N) is 1. The summed E-state index contributed by atoms with van der Waals surface area (Å²) in [5.41, 5.74) is 0.509. The predicted molar refractivity (Wildman–Crippen MR) is 104 cm³/mol. The van der Waals surface area contributed by atoms with Crippen molar-refractivity contribution in [1.82, 2.24) is 10.2 Å². The molecule has 1 heterocycles. The number of hydrogen-bond acceptors (Lipinski definition) is 6. The summed E-state index contributed by atoms with van der Waals surface area (Å²) in [7, 11) is 0. The van der Waals surface area contributed by atoms with Crippen LogP contribution in [0.15, 0.2) is 18.2 Å². The van der Waals surface area contributed by atoms with Crippen LogP contribution in [0.4, 0.5) is 0 Å². The second-order valence-corrected chi connectivity index (χ2v) is 8.03. The molecule has 3 rings (SSSR count). The minimum Gasteiger partial charge on any atom is -0.504 e. The van der Waals surface area contributed by atoms with Crippen molar-refractivity contribution < 1.29 is 29.7 Å². The van der Waals surface area contributed by atoms with Gasteiger partial charge in [-0.1, -0.05) is 25.3 Å². The van der Waals surface area contributed by atoms with Gasteiger partial charge in [-0.15, -0.1) is 0 Å². The Bertz CT molecular complexity index is 762. The van der Waals surface area contributed by atoms with Gasteiger partial charge >= 0.3 is 0 Å². The summed E-state index contributed by atoms with van der Waals surface area (Å²) in [6.07, 6.45) is 4.79. The number of aliphatic hydroxyl groups is 1. The highest BCUT2D eigenvalue weighted by molar-refractivity contribution is 5.90. The van der Waals surface area contributed by atoms with Crippen molar-refractivity contribution in [2.75, 3.05) is 6.54 Å². The van der Waals surface area contributed by atoms with Crippen LogP contribution < -0.4 is 5.32 Å². The summed E-state index contributed by atoms with van der Waals surface area (Å²) in [5.74, 6) is -1.29. The van der Waals surface area contributed by atoms with Gasteiger partial charge in [0.15, 0.2) is 11.5 Å². The van der Waals surface area contributed by atoms with Gasteiger partial charge in [0.25, 0.3) is 0 Å². The Balaban J connectivity index is 1.74. The number of benzene rings is 1. The first-order valence-electron chi connectivity index (χ1n) is 10.1. The summed E-state index contributed by atoms with van der Waals surface area (Å²) >= 11 is 0. The van der Waals surface area contributed by atoms with Crippen LogP contribution in [0.5, 0.6) is 11.5 Å². The Hall–Kier alpha value is -2.61. The molecule has 1 saturated heterocycles. The van der Waals surface area contributed by atoms with Crippen LogP contribution >= 0.6 is 0 Å². The lowest BCUT2D eigenvalue weighted by Gasteiger charge is -2.34. The van der Waals surface area contributed by atoms with Crippen molar-refractivity contribution in [3.63, 3.8) is 0 Å². The van der Waals surface area contributed by atoms with E-state index < -0.39 is 18.2 Å². The zero-order valence-corrected chi connectivity index (χ0v) is 16.3. The molecule has 4 N–H and O–H groups in total.